The highest BCUT2D eigenvalue weighted by Gasteiger charge is 2.31. The second-order valence-electron chi connectivity index (χ2n) is 27.3. The third kappa shape index (κ3) is 17.5. The molecule has 20 rings (SSSR count). The number of ketones is 2. The van der Waals surface area contributed by atoms with E-state index in [2.05, 4.69) is 146 Å². The Balaban J connectivity index is 0.000000123. The Morgan fingerprint density at radius 1 is 0.276 bits per heavy atom. The standard InChI is InChI=1S/C14H10O4.C14H8O3.2C14H10O2.C14H12O.C14H12.C14H10.CH4.H2O4S/c15-13(16)11-7-3-1-5-9(11)10-6-2-4-8-12(10)14(17)18;15-13-9-5-2-1-4-8(9)12-10(13)6-3-7-11(12)14(16)17;15-8-9-4-3-7-12-13(9)10-5-1-2-6-11(10)14(12)16;15-14(16)12-7-3-5-10-8-9-4-1-2-6-11(9)13(10)12;15-9-12-6-3-5-11-8-10-4-1-2-7-13(10)14(11)12;1-10-5-4-7-12-9-11-6-2-3-8-13(11)14(10)12;1-3-7-13-11(5-1)9-10-12-6-2-4-8-14(12)13;;1-5(2,3)4/h1-8H,(H,15,16)(H,17,18);1-7H,(H,16,17);1-7,15H,8H2;1-7H,8H2,(H,15,16);1-7,15H,8-9H2;2-8H,9H2,1H3;1-10H;1H4;(H2,1,2,3,4). The van der Waals surface area contributed by atoms with Crippen molar-refractivity contribution in [3.8, 4) is 66.8 Å². The van der Waals surface area contributed by atoms with Gasteiger partial charge in [-0.2, -0.15) is 8.42 Å². The van der Waals surface area contributed by atoms with Crippen LogP contribution in [-0.2, 0) is 42.9 Å². The molecular formula is C99H78O16S. The molecule has 0 bridgehead atoms. The van der Waals surface area contributed by atoms with Crippen LogP contribution < -0.4 is 0 Å². The van der Waals surface area contributed by atoms with Crippen LogP contribution in [-0.4, -0.2) is 83.6 Å². The van der Waals surface area contributed by atoms with Crippen molar-refractivity contribution in [1.29, 1.82) is 0 Å². The summed E-state index contributed by atoms with van der Waals surface area (Å²) in [4.78, 5) is 68.7. The van der Waals surface area contributed by atoms with Gasteiger partial charge in [-0.25, -0.2) is 19.2 Å². The molecule has 0 aliphatic heterocycles. The number of carboxylic acids is 4. The van der Waals surface area contributed by atoms with Crippen molar-refractivity contribution in [2.45, 2.75) is 46.8 Å². The van der Waals surface area contributed by atoms with E-state index >= 15 is 0 Å². The molecule has 0 atom stereocenters. The van der Waals surface area contributed by atoms with Crippen molar-refractivity contribution in [1.82, 2.24) is 0 Å². The number of carbonyl (C=O) groups is 6. The number of hydrogen-bond donors (Lipinski definition) is 8. The highest BCUT2D eigenvalue weighted by molar-refractivity contribution is 7.79. The molecule has 116 heavy (non-hydrogen) atoms. The van der Waals surface area contributed by atoms with Gasteiger partial charge in [-0.3, -0.25) is 18.7 Å². The fourth-order valence-electron chi connectivity index (χ4n) is 15.5. The van der Waals surface area contributed by atoms with E-state index in [-0.39, 0.29) is 48.9 Å². The van der Waals surface area contributed by atoms with E-state index in [4.69, 9.17) is 32.8 Å². The largest absolute Gasteiger partial charge is 0.478 e. The third-order valence-electron chi connectivity index (χ3n) is 20.4. The maximum atomic E-state index is 12.1. The first-order valence-electron chi connectivity index (χ1n) is 36.6. The summed E-state index contributed by atoms with van der Waals surface area (Å²) in [6, 6.07) is 102. The number of hydrogen-bond acceptors (Lipinski definition) is 10. The lowest BCUT2D eigenvalue weighted by atomic mass is 9.95. The summed E-state index contributed by atoms with van der Waals surface area (Å²) in [5.74, 6) is -4.06. The number of aromatic carboxylic acids is 4. The molecular weight excluding hydrogens is 1480 g/mol. The Morgan fingerprint density at radius 3 is 1.00 bits per heavy atom. The lowest BCUT2D eigenvalue weighted by molar-refractivity contribution is 0.0684. The minimum absolute atomic E-state index is 0. The molecule has 0 amide bonds. The number of rotatable bonds is 7. The Bertz CT molecular complexity index is 6320. The van der Waals surface area contributed by atoms with Crippen molar-refractivity contribution in [3.05, 3.63) is 416 Å². The third-order valence-corrected chi connectivity index (χ3v) is 20.4. The van der Waals surface area contributed by atoms with Crippen molar-refractivity contribution in [2.75, 3.05) is 0 Å². The van der Waals surface area contributed by atoms with Gasteiger partial charge in [0.25, 0.3) is 0 Å². The molecule has 576 valence electrons. The summed E-state index contributed by atoms with van der Waals surface area (Å²) >= 11 is 0. The molecule has 0 radical (unpaired) electrons. The highest BCUT2D eigenvalue weighted by Crippen LogP contribution is 2.44. The van der Waals surface area contributed by atoms with E-state index in [1.807, 2.05) is 84.9 Å². The molecule has 0 unspecified atom stereocenters. The molecule has 0 spiro atoms. The lowest BCUT2D eigenvalue weighted by Crippen LogP contribution is -2.03. The number of carboxylic acid groups (broad SMARTS) is 4. The van der Waals surface area contributed by atoms with E-state index < -0.39 is 34.3 Å². The van der Waals surface area contributed by atoms with Gasteiger partial charge in [0.1, 0.15) is 0 Å². The van der Waals surface area contributed by atoms with Gasteiger partial charge in [0, 0.05) is 27.8 Å². The zero-order valence-electron chi connectivity index (χ0n) is 61.9. The molecule has 16 nitrogen and oxygen atoms in total. The summed E-state index contributed by atoms with van der Waals surface area (Å²) in [5, 5.41) is 60.5. The number of benzene rings is 15. The molecule has 0 fully saturated rings. The zero-order chi connectivity index (χ0) is 81.0. The maximum absolute atomic E-state index is 12.1. The molecule has 0 heterocycles. The van der Waals surface area contributed by atoms with Crippen LogP contribution in [0.4, 0.5) is 0 Å². The average Bonchev–Trinajstić information content (AvgIpc) is 1.58. The predicted octanol–water partition coefficient (Wildman–Crippen LogP) is 21.0. The first-order chi connectivity index (χ1) is 55.6. The van der Waals surface area contributed by atoms with E-state index in [0.29, 0.717) is 44.5 Å². The Hall–Kier alpha value is -14.2. The Morgan fingerprint density at radius 2 is 0.552 bits per heavy atom. The molecule has 5 aliphatic carbocycles. The smallest absolute Gasteiger partial charge is 0.394 e. The van der Waals surface area contributed by atoms with Gasteiger partial charge >= 0.3 is 34.3 Å². The van der Waals surface area contributed by atoms with E-state index in [1.165, 1.54) is 95.4 Å². The number of aryl methyl sites for hydroxylation is 1. The number of carbonyl (C=O) groups excluding carboxylic acids is 2. The van der Waals surface area contributed by atoms with Gasteiger partial charge in [-0.05, 0) is 183 Å². The number of aliphatic hydroxyl groups is 2. The highest BCUT2D eigenvalue weighted by atomic mass is 32.3. The Kier molecular flexibility index (Phi) is 25.3. The normalized spacial score (nSPS) is 11.6. The van der Waals surface area contributed by atoms with E-state index in [0.717, 1.165) is 63.8 Å². The van der Waals surface area contributed by atoms with Crippen LogP contribution in [0.1, 0.15) is 131 Å². The van der Waals surface area contributed by atoms with Crippen molar-refractivity contribution < 1.29 is 76.9 Å². The summed E-state index contributed by atoms with van der Waals surface area (Å²) in [6.45, 7) is 2.28. The summed E-state index contributed by atoms with van der Waals surface area (Å²) in [7, 11) is -4.67. The molecule has 15 aromatic rings. The molecule has 0 aromatic heterocycles. The van der Waals surface area contributed by atoms with Crippen molar-refractivity contribution in [2.24, 2.45) is 0 Å². The second kappa shape index (κ2) is 36.1. The minimum Gasteiger partial charge on any atom is -0.478 e. The first-order valence-corrected chi connectivity index (χ1v) is 38.0. The van der Waals surface area contributed by atoms with Crippen LogP contribution in [0.2, 0.25) is 0 Å². The van der Waals surface area contributed by atoms with Crippen LogP contribution >= 0.6 is 0 Å². The van der Waals surface area contributed by atoms with Gasteiger partial charge in [0.05, 0.1) is 35.5 Å². The maximum Gasteiger partial charge on any atom is 0.394 e. The monoisotopic (exact) mass is 1550 g/mol. The predicted molar refractivity (Wildman–Crippen MR) is 453 cm³/mol. The number of aliphatic hydroxyl groups excluding tert-OH is 2. The second-order valence-corrected chi connectivity index (χ2v) is 28.2. The van der Waals surface area contributed by atoms with Crippen molar-refractivity contribution in [3.63, 3.8) is 0 Å². The number of fused-ring (bicyclic) bond motifs is 18. The van der Waals surface area contributed by atoms with Gasteiger partial charge in [0.15, 0.2) is 11.6 Å². The topological polar surface area (TPSA) is 298 Å². The van der Waals surface area contributed by atoms with Gasteiger partial charge in [0.2, 0.25) is 0 Å². The Labute approximate surface area is 670 Å². The SMILES string of the molecule is C.Cc1cccc2c1-c1ccccc1C2.O=C(O)c1cccc2c1-c1ccccc1C2.O=C(O)c1cccc2c1-c1ccccc1C2=O.O=C(O)c1ccccc1-c1ccccc1C(=O)O.O=C1c2ccccc2-c2c(CO)cccc21.O=S(=O)(O)O.OCc1cccc2c1-c1ccccc1C2.c1ccc2c(c1)ccc1ccccc12. The average molecular weight is 1560 g/mol. The van der Waals surface area contributed by atoms with Crippen LogP contribution in [0, 0.1) is 6.92 Å². The molecule has 0 saturated carbocycles. The molecule has 5 aliphatic rings. The van der Waals surface area contributed by atoms with Crippen LogP contribution in [0.5, 0.6) is 0 Å². The van der Waals surface area contributed by atoms with Gasteiger partial charge in [-0.1, -0.05) is 305 Å². The molecule has 8 N–H and O–H groups in total. The van der Waals surface area contributed by atoms with E-state index in [1.54, 1.807) is 78.9 Å². The fraction of sp³-hybridized carbons (Fsp3) is 0.0707. The van der Waals surface area contributed by atoms with Crippen LogP contribution in [0.3, 0.4) is 0 Å². The van der Waals surface area contributed by atoms with Gasteiger partial charge < -0.3 is 30.6 Å². The zero-order valence-corrected chi connectivity index (χ0v) is 62.7. The molecule has 17 heteroatoms. The quantitative estimate of drug-likeness (QED) is 0.0543. The van der Waals surface area contributed by atoms with E-state index in [9.17, 15) is 44.1 Å². The molecule has 0 saturated heterocycles. The fourth-order valence-corrected chi connectivity index (χ4v) is 15.5. The lowest BCUT2D eigenvalue weighted by Gasteiger charge is -2.08. The summed E-state index contributed by atoms with van der Waals surface area (Å²) < 4.78 is 31.6. The summed E-state index contributed by atoms with van der Waals surface area (Å²) in [6.07, 6.45) is 2.94. The van der Waals surface area contributed by atoms with Gasteiger partial charge in [-0.15, -0.1) is 0 Å². The molecule has 15 aromatic carbocycles. The summed E-state index contributed by atoms with van der Waals surface area (Å²) in [5.41, 5.74) is 25.8. The minimum atomic E-state index is -4.67. The van der Waals surface area contributed by atoms with Crippen LogP contribution in [0.15, 0.2) is 322 Å². The van der Waals surface area contributed by atoms with Crippen molar-refractivity contribution >= 4 is 67.4 Å². The first kappa shape index (κ1) is 81.3. The van der Waals surface area contributed by atoms with Crippen LogP contribution in [0.25, 0.3) is 88.3 Å².